The standard InChI is InChI=1S/C24H38O10.C22H38O4.C10H16O4/c1-8-22(2,3)21(31)32-16-10-14(23(4,5)33-19(29)12-17(25)26)9-15(11-16)24(6,7)34-20(30)13-18(27)28;1-8-17(2,3)16(23)26-22-11-15-9-20(13-22,18(4,5)24)12-21(10-15,14-22)19(6,7)25;1-4-10(2,3)9(12)14-7-5-6-13-8(7)11/h14-16H,8-13H2,1-7H3,(H,25,26)(H,27,28);15,24-25H,8-14H2,1-7H3;7H,4-6H2,1-3H3. The molecule has 0 radical (unpaired) electrons. The van der Waals surface area contributed by atoms with Gasteiger partial charge in [0.2, 0.25) is 6.10 Å². The zero-order valence-electron chi connectivity index (χ0n) is 47.7. The first-order chi connectivity index (χ1) is 33.5. The van der Waals surface area contributed by atoms with E-state index in [1.807, 2.05) is 62.3 Å². The average molecular weight is 1050 g/mol. The van der Waals surface area contributed by atoms with Crippen LogP contribution in [0, 0.1) is 44.8 Å². The molecule has 0 aromatic heterocycles. The molecule has 4 N–H and O–H groups in total. The Morgan fingerprint density at radius 1 is 0.568 bits per heavy atom. The number of esters is 6. The summed E-state index contributed by atoms with van der Waals surface area (Å²) < 4.78 is 32.8. The van der Waals surface area contributed by atoms with Gasteiger partial charge in [-0.1, -0.05) is 20.8 Å². The Kier molecular flexibility index (Phi) is 20.0. The Bertz CT molecular complexity index is 1990. The molecule has 6 aliphatic rings. The van der Waals surface area contributed by atoms with E-state index in [0.717, 1.165) is 32.1 Å². The van der Waals surface area contributed by atoms with Crippen LogP contribution in [-0.4, -0.2) is 115 Å². The summed E-state index contributed by atoms with van der Waals surface area (Å²) in [7, 11) is 0. The highest BCUT2D eigenvalue weighted by atomic mass is 16.6. The average Bonchev–Trinajstić information content (AvgIpc) is 3.64. The number of carbonyl (C=O) groups is 8. The normalized spacial score (nSPS) is 28.0. The Balaban J connectivity index is 0.000000317. The highest BCUT2D eigenvalue weighted by Gasteiger charge is 2.71. The molecule has 1 saturated heterocycles. The third kappa shape index (κ3) is 15.6. The molecule has 5 aliphatic carbocycles. The van der Waals surface area contributed by atoms with Crippen molar-refractivity contribution in [1.82, 2.24) is 0 Å². The van der Waals surface area contributed by atoms with E-state index in [9.17, 15) is 48.6 Å². The van der Waals surface area contributed by atoms with E-state index in [-0.39, 0.29) is 40.6 Å². The van der Waals surface area contributed by atoms with Crippen LogP contribution in [0.1, 0.15) is 214 Å². The van der Waals surface area contributed by atoms with Crippen LogP contribution < -0.4 is 0 Å². The highest BCUT2D eigenvalue weighted by Crippen LogP contribution is 2.72. The molecule has 1 heterocycles. The van der Waals surface area contributed by atoms with Crippen molar-refractivity contribution in [3.05, 3.63) is 0 Å². The molecule has 5 unspecified atom stereocenters. The maximum Gasteiger partial charge on any atom is 0.347 e. The van der Waals surface area contributed by atoms with E-state index in [1.54, 1.807) is 55.4 Å². The predicted octanol–water partition coefficient (Wildman–Crippen LogP) is 8.84. The molecule has 18 nitrogen and oxygen atoms in total. The summed E-state index contributed by atoms with van der Waals surface area (Å²) in [6.45, 7) is 31.4. The monoisotopic (exact) mass is 1050 g/mol. The third-order valence-corrected chi connectivity index (χ3v) is 17.6. The number of ether oxygens (including phenoxy) is 6. The first-order valence-corrected chi connectivity index (χ1v) is 26.6. The number of hydrogen-bond acceptors (Lipinski definition) is 16. The first kappa shape index (κ1) is 64.0. The van der Waals surface area contributed by atoms with E-state index in [0.29, 0.717) is 63.9 Å². The lowest BCUT2D eigenvalue weighted by Gasteiger charge is -2.70. The molecule has 0 spiro atoms. The molecule has 5 saturated carbocycles. The summed E-state index contributed by atoms with van der Waals surface area (Å²) in [4.78, 5) is 94.2. The fourth-order valence-corrected chi connectivity index (χ4v) is 11.4. The van der Waals surface area contributed by atoms with Crippen LogP contribution in [0.2, 0.25) is 0 Å². The number of hydrogen-bond donors (Lipinski definition) is 4. The second-order valence-corrected chi connectivity index (χ2v) is 26.2. The van der Waals surface area contributed by atoms with Gasteiger partial charge in [-0.3, -0.25) is 33.6 Å². The predicted molar refractivity (Wildman–Crippen MR) is 271 cm³/mol. The van der Waals surface area contributed by atoms with Crippen LogP contribution in [0.15, 0.2) is 0 Å². The van der Waals surface area contributed by atoms with E-state index in [1.165, 1.54) is 0 Å². The van der Waals surface area contributed by atoms with Crippen LogP contribution in [0.25, 0.3) is 0 Å². The van der Waals surface area contributed by atoms with Crippen LogP contribution in [0.3, 0.4) is 0 Å². The van der Waals surface area contributed by atoms with Gasteiger partial charge in [0.25, 0.3) is 0 Å². The van der Waals surface area contributed by atoms with Gasteiger partial charge < -0.3 is 48.8 Å². The Hall–Kier alpha value is -4.32. The number of aliphatic hydroxyl groups is 2. The van der Waals surface area contributed by atoms with Gasteiger partial charge in [-0.25, -0.2) is 4.79 Å². The van der Waals surface area contributed by atoms with Gasteiger partial charge in [-0.05, 0) is 180 Å². The fraction of sp³-hybridized carbons (Fsp3) is 0.857. The lowest BCUT2D eigenvalue weighted by molar-refractivity contribution is -0.288. The van der Waals surface area contributed by atoms with Crippen molar-refractivity contribution in [3.8, 4) is 0 Å². The van der Waals surface area contributed by atoms with E-state index < -0.39 is 99.1 Å². The second kappa shape index (κ2) is 23.1. The number of carboxylic acid groups (broad SMARTS) is 2. The second-order valence-electron chi connectivity index (χ2n) is 26.2. The fourth-order valence-electron chi connectivity index (χ4n) is 11.4. The van der Waals surface area contributed by atoms with Gasteiger partial charge in [-0.2, -0.15) is 0 Å². The maximum absolute atomic E-state index is 12.9. The highest BCUT2D eigenvalue weighted by molar-refractivity contribution is 5.91. The lowest BCUT2D eigenvalue weighted by Crippen LogP contribution is -2.70. The van der Waals surface area contributed by atoms with Gasteiger partial charge in [0.15, 0.2) is 0 Å². The zero-order valence-corrected chi connectivity index (χ0v) is 47.7. The van der Waals surface area contributed by atoms with Gasteiger partial charge >= 0.3 is 47.8 Å². The number of aliphatic carboxylic acids is 2. The van der Waals surface area contributed by atoms with Gasteiger partial charge in [-0.15, -0.1) is 0 Å². The topological polar surface area (TPSA) is 273 Å². The van der Waals surface area contributed by atoms with Gasteiger partial charge in [0, 0.05) is 29.1 Å². The minimum Gasteiger partial charge on any atom is -0.481 e. The molecule has 5 atom stereocenters. The van der Waals surface area contributed by atoms with Gasteiger partial charge in [0.1, 0.15) is 35.7 Å². The number of rotatable bonds is 19. The molecule has 0 aromatic rings. The van der Waals surface area contributed by atoms with Crippen LogP contribution in [-0.2, 0) is 66.8 Å². The number of cyclic esters (lactones) is 1. The van der Waals surface area contributed by atoms with Crippen LogP contribution >= 0.6 is 0 Å². The van der Waals surface area contributed by atoms with Crippen molar-refractivity contribution < 1.29 is 87.2 Å². The molecule has 1 aliphatic heterocycles. The molecule has 4 bridgehead atoms. The quantitative estimate of drug-likeness (QED) is 0.0534. The summed E-state index contributed by atoms with van der Waals surface area (Å²) in [5.41, 5.74) is -6.78. The maximum atomic E-state index is 12.9. The molecule has 18 heteroatoms. The minimum atomic E-state index is -1.30. The van der Waals surface area contributed by atoms with Crippen molar-refractivity contribution in [2.45, 2.75) is 254 Å². The van der Waals surface area contributed by atoms with Crippen LogP contribution in [0.4, 0.5) is 0 Å². The summed E-state index contributed by atoms with van der Waals surface area (Å²) in [6, 6.07) is 0. The van der Waals surface area contributed by atoms with E-state index >= 15 is 0 Å². The van der Waals surface area contributed by atoms with Crippen molar-refractivity contribution >= 4 is 47.8 Å². The first-order valence-electron chi connectivity index (χ1n) is 26.6. The molecular formula is C56H92O18. The smallest absolute Gasteiger partial charge is 0.347 e. The Labute approximate surface area is 439 Å². The Morgan fingerprint density at radius 3 is 1.31 bits per heavy atom. The SMILES string of the molecule is CCC(C)(C)C(=O)OC12CC3CC(C(C)(C)O)(C1)CC(C(C)(C)O)(C3)C2.CCC(C)(C)C(=O)OC1CC(C(C)(C)OC(=O)CC(=O)O)CC(C(C)(C)OC(=O)CC(=O)O)C1.CCC(C)(C)C(=O)OC1CCOC1=O. The molecule has 0 aromatic carbocycles. The lowest BCUT2D eigenvalue weighted by atomic mass is 9.37. The van der Waals surface area contributed by atoms with Crippen molar-refractivity contribution in [2.75, 3.05) is 6.61 Å². The van der Waals surface area contributed by atoms with E-state index in [2.05, 4.69) is 0 Å². The minimum absolute atomic E-state index is 0.140. The van der Waals surface area contributed by atoms with Crippen molar-refractivity contribution in [1.29, 1.82) is 0 Å². The summed E-state index contributed by atoms with van der Waals surface area (Å²) in [5.74, 6) is -5.94. The summed E-state index contributed by atoms with van der Waals surface area (Å²) in [6.07, 6.45) is 5.86. The van der Waals surface area contributed by atoms with Crippen LogP contribution in [0.5, 0.6) is 0 Å². The molecular weight excluding hydrogens is 961 g/mol. The Morgan fingerprint density at radius 2 is 0.959 bits per heavy atom. The molecule has 6 rings (SSSR count). The van der Waals surface area contributed by atoms with Gasteiger partial charge in [0.05, 0.1) is 34.1 Å². The molecule has 0 amide bonds. The third-order valence-electron chi connectivity index (χ3n) is 17.6. The summed E-state index contributed by atoms with van der Waals surface area (Å²) >= 11 is 0. The zero-order chi connectivity index (χ0) is 57.1. The molecule has 424 valence electrons. The van der Waals surface area contributed by atoms with E-state index in [4.69, 9.17) is 38.6 Å². The largest absolute Gasteiger partial charge is 0.481 e. The molecule has 6 fully saturated rings. The number of carboxylic acids is 2. The molecule has 74 heavy (non-hydrogen) atoms. The van der Waals surface area contributed by atoms with Crippen molar-refractivity contribution in [3.63, 3.8) is 0 Å². The van der Waals surface area contributed by atoms with Crippen molar-refractivity contribution in [2.24, 2.45) is 44.8 Å². The summed E-state index contributed by atoms with van der Waals surface area (Å²) in [5, 5.41) is 39.9. The number of carbonyl (C=O) groups excluding carboxylic acids is 6.